The van der Waals surface area contributed by atoms with Crippen LogP contribution in [0.3, 0.4) is 0 Å². The van der Waals surface area contributed by atoms with E-state index in [1.807, 2.05) is 6.92 Å². The summed E-state index contributed by atoms with van der Waals surface area (Å²) < 4.78 is 19.1. The summed E-state index contributed by atoms with van der Waals surface area (Å²) in [7, 11) is 0. The minimum atomic E-state index is -0.724. The molecule has 1 amide bonds. The number of amides is 1. The third-order valence-corrected chi connectivity index (χ3v) is 3.80. The van der Waals surface area contributed by atoms with Gasteiger partial charge in [-0.15, -0.1) is 0 Å². The molecule has 0 radical (unpaired) electrons. The highest BCUT2D eigenvalue weighted by atomic mass is 19.1. The van der Waals surface area contributed by atoms with Crippen molar-refractivity contribution in [3.05, 3.63) is 53.8 Å². The first-order valence-corrected chi connectivity index (χ1v) is 7.64. The molecule has 0 aromatic heterocycles. The van der Waals surface area contributed by atoms with Gasteiger partial charge in [-0.2, -0.15) is 0 Å². The van der Waals surface area contributed by atoms with E-state index >= 15 is 0 Å². The van der Waals surface area contributed by atoms with Crippen LogP contribution in [0.5, 0.6) is 11.5 Å². The van der Waals surface area contributed by atoms with E-state index in [-0.39, 0.29) is 23.9 Å². The summed E-state index contributed by atoms with van der Waals surface area (Å²) in [4.78, 5) is 14.4. The molecule has 1 aliphatic rings. The molecule has 2 aromatic rings. The van der Waals surface area contributed by atoms with Crippen molar-refractivity contribution in [3.8, 4) is 11.5 Å². The normalized spacial score (nSPS) is 16.9. The molecule has 1 aliphatic heterocycles. The fraction of sp³-hybridized carbons (Fsp3) is 0.278. The largest absolute Gasteiger partial charge is 0.508 e. The molecule has 0 aliphatic carbocycles. The van der Waals surface area contributed by atoms with Gasteiger partial charge in [-0.25, -0.2) is 4.39 Å². The van der Waals surface area contributed by atoms with Gasteiger partial charge in [0.05, 0.1) is 5.69 Å². The van der Waals surface area contributed by atoms with Crippen LogP contribution in [0, 0.1) is 5.82 Å². The molecule has 4 nitrogen and oxygen atoms in total. The Morgan fingerprint density at radius 1 is 1.26 bits per heavy atom. The van der Waals surface area contributed by atoms with E-state index in [2.05, 4.69) is 0 Å². The fourth-order valence-electron chi connectivity index (χ4n) is 2.78. The van der Waals surface area contributed by atoms with E-state index in [4.69, 9.17) is 4.74 Å². The van der Waals surface area contributed by atoms with Crippen LogP contribution >= 0.6 is 0 Å². The van der Waals surface area contributed by atoms with E-state index < -0.39 is 6.10 Å². The van der Waals surface area contributed by atoms with Crippen molar-refractivity contribution in [2.45, 2.75) is 25.9 Å². The van der Waals surface area contributed by atoms with Crippen LogP contribution in [-0.2, 0) is 11.2 Å². The highest BCUT2D eigenvalue weighted by Crippen LogP contribution is 2.37. The van der Waals surface area contributed by atoms with E-state index in [1.165, 1.54) is 24.3 Å². The minimum Gasteiger partial charge on any atom is -0.508 e. The van der Waals surface area contributed by atoms with Crippen LogP contribution in [0.25, 0.3) is 0 Å². The Labute approximate surface area is 134 Å². The molecule has 1 atom stereocenters. The van der Waals surface area contributed by atoms with Crippen LogP contribution in [0.1, 0.15) is 18.9 Å². The molecule has 120 valence electrons. The number of rotatable bonds is 4. The van der Waals surface area contributed by atoms with Crippen molar-refractivity contribution in [2.75, 3.05) is 11.4 Å². The molecule has 0 saturated carbocycles. The van der Waals surface area contributed by atoms with Crippen molar-refractivity contribution < 1.29 is 19.0 Å². The van der Waals surface area contributed by atoms with E-state index in [0.29, 0.717) is 23.5 Å². The Bertz CT molecular complexity index is 732. The van der Waals surface area contributed by atoms with Crippen LogP contribution in [0.2, 0.25) is 0 Å². The van der Waals surface area contributed by atoms with Crippen LogP contribution in [-0.4, -0.2) is 23.7 Å². The predicted molar refractivity (Wildman–Crippen MR) is 85.3 cm³/mol. The Kier molecular flexibility index (Phi) is 4.19. The zero-order valence-corrected chi connectivity index (χ0v) is 12.8. The number of fused-ring (bicyclic) bond motifs is 1. The summed E-state index contributed by atoms with van der Waals surface area (Å²) in [5.41, 5.74) is 1.36. The standard InChI is InChI=1S/C18H18FNO3/c1-2-8-20-15-7-6-14(21)11-16(15)23-17(18(20)22)10-12-4-3-5-13(19)9-12/h3-7,9,11,17,21H,2,8,10H2,1H3. The van der Waals surface area contributed by atoms with Gasteiger partial charge in [0, 0.05) is 19.0 Å². The molecule has 0 fully saturated rings. The van der Waals surface area contributed by atoms with Gasteiger partial charge in [0.1, 0.15) is 17.3 Å². The van der Waals surface area contributed by atoms with Gasteiger partial charge in [0.15, 0.2) is 6.10 Å². The number of benzene rings is 2. The molecule has 0 saturated heterocycles. The number of carbonyl (C=O) groups is 1. The van der Waals surface area contributed by atoms with Crippen molar-refractivity contribution >= 4 is 11.6 Å². The molecular formula is C18H18FNO3. The van der Waals surface area contributed by atoms with Gasteiger partial charge < -0.3 is 14.7 Å². The summed E-state index contributed by atoms with van der Waals surface area (Å²) in [5, 5.41) is 9.65. The number of hydrogen-bond acceptors (Lipinski definition) is 3. The number of ether oxygens (including phenoxy) is 1. The van der Waals surface area contributed by atoms with Gasteiger partial charge >= 0.3 is 0 Å². The monoisotopic (exact) mass is 315 g/mol. The van der Waals surface area contributed by atoms with Gasteiger partial charge in [0.2, 0.25) is 0 Å². The zero-order valence-electron chi connectivity index (χ0n) is 12.8. The van der Waals surface area contributed by atoms with E-state index in [0.717, 1.165) is 6.42 Å². The maximum Gasteiger partial charge on any atom is 0.268 e. The van der Waals surface area contributed by atoms with Crippen LogP contribution in [0.4, 0.5) is 10.1 Å². The van der Waals surface area contributed by atoms with Crippen molar-refractivity contribution in [3.63, 3.8) is 0 Å². The average Bonchev–Trinajstić information content (AvgIpc) is 2.51. The number of hydrogen-bond donors (Lipinski definition) is 1. The molecular weight excluding hydrogens is 297 g/mol. The van der Waals surface area contributed by atoms with E-state index in [9.17, 15) is 14.3 Å². The topological polar surface area (TPSA) is 49.8 Å². The number of phenolic OH excluding ortho intramolecular Hbond substituents is 1. The molecule has 0 bridgehead atoms. The fourth-order valence-corrected chi connectivity index (χ4v) is 2.78. The first-order chi connectivity index (χ1) is 11.1. The molecule has 2 aromatic carbocycles. The molecule has 1 unspecified atom stereocenters. The van der Waals surface area contributed by atoms with E-state index in [1.54, 1.807) is 23.1 Å². The quantitative estimate of drug-likeness (QED) is 0.942. The van der Waals surface area contributed by atoms with Crippen LogP contribution < -0.4 is 9.64 Å². The summed E-state index contributed by atoms with van der Waals surface area (Å²) in [6.07, 6.45) is 0.364. The average molecular weight is 315 g/mol. The van der Waals surface area contributed by atoms with Crippen molar-refractivity contribution in [1.29, 1.82) is 0 Å². The summed E-state index contributed by atoms with van der Waals surface area (Å²) >= 11 is 0. The first kappa shape index (κ1) is 15.3. The lowest BCUT2D eigenvalue weighted by molar-refractivity contribution is -0.126. The van der Waals surface area contributed by atoms with Gasteiger partial charge in [-0.1, -0.05) is 19.1 Å². The molecule has 0 spiro atoms. The van der Waals surface area contributed by atoms with Crippen molar-refractivity contribution in [1.82, 2.24) is 0 Å². The lowest BCUT2D eigenvalue weighted by atomic mass is 10.0. The second-order valence-electron chi connectivity index (χ2n) is 5.58. The second-order valence-corrected chi connectivity index (χ2v) is 5.58. The smallest absolute Gasteiger partial charge is 0.268 e. The zero-order chi connectivity index (χ0) is 16.4. The third-order valence-electron chi connectivity index (χ3n) is 3.80. The number of carbonyl (C=O) groups excluding carboxylic acids is 1. The second kappa shape index (κ2) is 6.28. The predicted octanol–water partition coefficient (Wildman–Crippen LogP) is 3.28. The number of nitrogens with zero attached hydrogens (tertiary/aromatic N) is 1. The molecule has 3 rings (SSSR count). The minimum absolute atomic E-state index is 0.0825. The summed E-state index contributed by atoms with van der Waals surface area (Å²) in [6, 6.07) is 10.9. The number of aromatic hydroxyl groups is 1. The molecule has 1 N–H and O–H groups in total. The number of anilines is 1. The highest BCUT2D eigenvalue weighted by molar-refractivity contribution is 6.00. The third kappa shape index (κ3) is 3.13. The Hall–Kier alpha value is -2.56. The summed E-state index contributed by atoms with van der Waals surface area (Å²) in [6.45, 7) is 2.56. The molecule has 5 heteroatoms. The number of phenols is 1. The number of halogens is 1. The maximum absolute atomic E-state index is 13.3. The molecule has 23 heavy (non-hydrogen) atoms. The van der Waals surface area contributed by atoms with Gasteiger partial charge in [-0.3, -0.25) is 4.79 Å². The van der Waals surface area contributed by atoms with Crippen LogP contribution in [0.15, 0.2) is 42.5 Å². The lowest BCUT2D eigenvalue weighted by Gasteiger charge is -2.34. The summed E-state index contributed by atoms with van der Waals surface area (Å²) in [5.74, 6) is 0.0713. The first-order valence-electron chi connectivity index (χ1n) is 7.64. The highest BCUT2D eigenvalue weighted by Gasteiger charge is 2.34. The van der Waals surface area contributed by atoms with Gasteiger partial charge in [0.25, 0.3) is 5.91 Å². The molecule has 1 heterocycles. The lowest BCUT2D eigenvalue weighted by Crippen LogP contribution is -2.47. The maximum atomic E-state index is 13.3. The Morgan fingerprint density at radius 2 is 2.09 bits per heavy atom. The Morgan fingerprint density at radius 3 is 2.83 bits per heavy atom. The Balaban J connectivity index is 1.91. The van der Waals surface area contributed by atoms with Crippen molar-refractivity contribution in [2.24, 2.45) is 0 Å². The van der Waals surface area contributed by atoms with Gasteiger partial charge in [-0.05, 0) is 36.2 Å². The SMILES string of the molecule is CCCN1C(=O)C(Cc2cccc(F)c2)Oc2cc(O)ccc21.